The molecule has 0 saturated heterocycles. The van der Waals surface area contributed by atoms with Crippen LogP contribution in [0.2, 0.25) is 0 Å². The summed E-state index contributed by atoms with van der Waals surface area (Å²) in [6, 6.07) is 11.5. The Morgan fingerprint density at radius 2 is 1.82 bits per heavy atom. The van der Waals surface area contributed by atoms with Crippen LogP contribution < -0.4 is 9.64 Å². The van der Waals surface area contributed by atoms with Gasteiger partial charge in [-0.05, 0) is 61.0 Å². The number of benzene rings is 2. The first-order valence-electron chi connectivity index (χ1n) is 9.12. The van der Waals surface area contributed by atoms with Gasteiger partial charge in [-0.25, -0.2) is 12.8 Å². The number of carbonyl (C=O) groups is 1. The Morgan fingerprint density at radius 3 is 2.39 bits per heavy atom. The maximum atomic E-state index is 13.3. The van der Waals surface area contributed by atoms with Gasteiger partial charge in [0.25, 0.3) is 5.91 Å². The molecule has 1 amide bonds. The van der Waals surface area contributed by atoms with Crippen LogP contribution in [0.1, 0.15) is 30.1 Å². The third-order valence-corrected chi connectivity index (χ3v) is 5.81. The molecule has 0 aromatic heterocycles. The number of unbranched alkanes of at least 4 members (excludes halogenated alkanes) is 1. The maximum Gasteiger partial charge on any atom is 0.258 e. The van der Waals surface area contributed by atoms with Crippen molar-refractivity contribution in [2.24, 2.45) is 0 Å². The predicted molar refractivity (Wildman–Crippen MR) is 107 cm³/mol. The summed E-state index contributed by atoms with van der Waals surface area (Å²) in [5.41, 5.74) is 0.825. The van der Waals surface area contributed by atoms with Gasteiger partial charge in [-0.3, -0.25) is 4.79 Å². The van der Waals surface area contributed by atoms with Crippen molar-refractivity contribution in [3.63, 3.8) is 0 Å². The van der Waals surface area contributed by atoms with Crippen LogP contribution in [0, 0.1) is 5.82 Å². The van der Waals surface area contributed by atoms with Crippen molar-refractivity contribution in [2.75, 3.05) is 17.3 Å². The molecule has 3 rings (SSSR count). The van der Waals surface area contributed by atoms with Gasteiger partial charge in [0, 0.05) is 16.7 Å². The molecule has 1 heterocycles. The van der Waals surface area contributed by atoms with Gasteiger partial charge in [0.15, 0.2) is 9.84 Å². The number of nitrogens with zero attached hydrogens (tertiary/aromatic N) is 1. The molecule has 0 spiro atoms. The minimum absolute atomic E-state index is 0.200. The third-order valence-electron chi connectivity index (χ3n) is 4.43. The lowest BCUT2D eigenvalue weighted by molar-refractivity contribution is 0.0983. The van der Waals surface area contributed by atoms with E-state index in [4.69, 9.17) is 4.74 Å². The zero-order valence-electron chi connectivity index (χ0n) is 15.5. The van der Waals surface area contributed by atoms with Gasteiger partial charge in [0.05, 0.1) is 18.4 Å². The molecular weight excluding hydrogens is 381 g/mol. The van der Waals surface area contributed by atoms with Gasteiger partial charge < -0.3 is 9.64 Å². The van der Waals surface area contributed by atoms with Crippen LogP contribution >= 0.6 is 0 Å². The smallest absolute Gasteiger partial charge is 0.258 e. The molecule has 28 heavy (non-hydrogen) atoms. The van der Waals surface area contributed by atoms with E-state index in [0.29, 0.717) is 23.6 Å². The number of anilines is 1. The number of carbonyl (C=O) groups excluding carboxylic acids is 1. The molecule has 1 unspecified atom stereocenters. The first-order valence-corrected chi connectivity index (χ1v) is 10.8. The number of sulfone groups is 1. The van der Waals surface area contributed by atoms with Gasteiger partial charge in [-0.1, -0.05) is 13.3 Å². The van der Waals surface area contributed by atoms with E-state index in [1.807, 2.05) is 0 Å². The van der Waals surface area contributed by atoms with Crippen LogP contribution in [0.5, 0.6) is 5.75 Å². The van der Waals surface area contributed by atoms with Crippen molar-refractivity contribution in [1.82, 2.24) is 0 Å². The molecule has 0 radical (unpaired) electrons. The average molecular weight is 403 g/mol. The molecule has 0 N–H and O–H groups in total. The second-order valence-corrected chi connectivity index (χ2v) is 8.53. The molecule has 1 aliphatic rings. The second-order valence-electron chi connectivity index (χ2n) is 6.60. The van der Waals surface area contributed by atoms with E-state index in [0.717, 1.165) is 18.2 Å². The zero-order valence-corrected chi connectivity index (χ0v) is 16.4. The minimum atomic E-state index is -3.36. The highest BCUT2D eigenvalue weighted by Gasteiger charge is 2.32. The largest absolute Gasteiger partial charge is 0.494 e. The Bertz CT molecular complexity index is 953. The molecular formula is C21H22FNO4S. The van der Waals surface area contributed by atoms with Gasteiger partial charge in [-0.2, -0.15) is 0 Å². The lowest BCUT2D eigenvalue weighted by Crippen LogP contribution is -2.41. The number of hydrogen-bond donors (Lipinski definition) is 0. The van der Waals surface area contributed by atoms with Crippen molar-refractivity contribution in [3.05, 3.63) is 71.4 Å². The van der Waals surface area contributed by atoms with E-state index >= 15 is 0 Å². The quantitative estimate of drug-likeness (QED) is 0.657. The number of hydrogen-bond acceptors (Lipinski definition) is 4. The first kappa shape index (κ1) is 20.1. The van der Waals surface area contributed by atoms with Crippen LogP contribution in [0.25, 0.3) is 0 Å². The van der Waals surface area contributed by atoms with Crippen LogP contribution in [0.15, 0.2) is 60.0 Å². The van der Waals surface area contributed by atoms with Crippen molar-refractivity contribution in [1.29, 1.82) is 0 Å². The summed E-state index contributed by atoms with van der Waals surface area (Å²) in [6.45, 7) is 2.68. The summed E-state index contributed by atoms with van der Waals surface area (Å²) < 4.78 is 42.6. The number of ether oxygens (including phenoxy) is 1. The standard InChI is InChI=1S/C21H22FNO4S/c1-2-3-13-27-20-10-4-16(5-11-20)21(24)23(18-8-6-17(22)7-9-18)19-12-14-28(25,26)15-19/h4-12,14,19H,2-3,13,15H2,1H3. The molecule has 0 saturated carbocycles. The van der Waals surface area contributed by atoms with Crippen molar-refractivity contribution < 1.29 is 22.3 Å². The van der Waals surface area contributed by atoms with Crippen molar-refractivity contribution in [3.8, 4) is 5.75 Å². The third kappa shape index (κ3) is 4.78. The van der Waals surface area contributed by atoms with Crippen molar-refractivity contribution >= 4 is 21.4 Å². The van der Waals surface area contributed by atoms with Crippen LogP contribution in [-0.4, -0.2) is 32.7 Å². The summed E-state index contributed by atoms with van der Waals surface area (Å²) in [5, 5.41) is 1.12. The summed E-state index contributed by atoms with van der Waals surface area (Å²) in [7, 11) is -3.36. The number of amides is 1. The normalized spacial score (nSPS) is 17.4. The minimum Gasteiger partial charge on any atom is -0.494 e. The molecule has 2 aromatic carbocycles. The summed E-state index contributed by atoms with van der Waals surface area (Å²) in [4.78, 5) is 14.5. The van der Waals surface area contributed by atoms with Gasteiger partial charge in [0.1, 0.15) is 11.6 Å². The zero-order chi connectivity index (χ0) is 20.1. The van der Waals surface area contributed by atoms with E-state index in [1.54, 1.807) is 24.3 Å². The van der Waals surface area contributed by atoms with Crippen LogP contribution in [-0.2, 0) is 9.84 Å². The Morgan fingerprint density at radius 1 is 1.14 bits per heavy atom. The summed E-state index contributed by atoms with van der Waals surface area (Å²) in [6.07, 6.45) is 3.46. The Labute approximate surface area is 164 Å². The molecule has 1 aliphatic heterocycles. The van der Waals surface area contributed by atoms with Crippen LogP contribution in [0.4, 0.5) is 10.1 Å². The van der Waals surface area contributed by atoms with E-state index in [2.05, 4.69) is 6.92 Å². The first-order chi connectivity index (χ1) is 13.4. The fourth-order valence-electron chi connectivity index (χ4n) is 2.95. The lowest BCUT2D eigenvalue weighted by Gasteiger charge is -2.28. The van der Waals surface area contributed by atoms with Gasteiger partial charge in [-0.15, -0.1) is 0 Å². The molecule has 7 heteroatoms. The van der Waals surface area contributed by atoms with Crippen molar-refractivity contribution in [2.45, 2.75) is 25.8 Å². The highest BCUT2D eigenvalue weighted by Crippen LogP contribution is 2.26. The van der Waals surface area contributed by atoms with Crippen LogP contribution in [0.3, 0.4) is 0 Å². The number of rotatable bonds is 7. The van der Waals surface area contributed by atoms with E-state index in [9.17, 15) is 17.6 Å². The SMILES string of the molecule is CCCCOc1ccc(C(=O)N(c2ccc(F)cc2)C2C=CS(=O)(=O)C2)cc1. The number of halogens is 1. The van der Waals surface area contributed by atoms with E-state index in [-0.39, 0.29) is 11.7 Å². The van der Waals surface area contributed by atoms with Gasteiger partial charge in [0.2, 0.25) is 0 Å². The second kappa shape index (κ2) is 8.56. The average Bonchev–Trinajstić information content (AvgIpc) is 3.03. The molecule has 1 atom stereocenters. The van der Waals surface area contributed by atoms with E-state index in [1.165, 1.54) is 35.2 Å². The fourth-order valence-corrected chi connectivity index (χ4v) is 4.22. The lowest BCUT2D eigenvalue weighted by atomic mass is 10.1. The highest BCUT2D eigenvalue weighted by atomic mass is 32.2. The molecule has 5 nitrogen and oxygen atoms in total. The molecule has 0 bridgehead atoms. The summed E-state index contributed by atoms with van der Waals surface area (Å²) in [5.74, 6) is -0.326. The van der Waals surface area contributed by atoms with E-state index < -0.39 is 21.7 Å². The Balaban J connectivity index is 1.86. The van der Waals surface area contributed by atoms with Gasteiger partial charge >= 0.3 is 0 Å². The highest BCUT2D eigenvalue weighted by molar-refractivity contribution is 7.94. The summed E-state index contributed by atoms with van der Waals surface area (Å²) >= 11 is 0. The molecule has 0 fully saturated rings. The maximum absolute atomic E-state index is 13.3. The molecule has 2 aromatic rings. The Hall–Kier alpha value is -2.67. The topological polar surface area (TPSA) is 63.7 Å². The molecule has 148 valence electrons. The Kier molecular flexibility index (Phi) is 6.14. The fraction of sp³-hybridized carbons (Fsp3) is 0.286. The molecule has 0 aliphatic carbocycles. The predicted octanol–water partition coefficient (Wildman–Crippen LogP) is 3.96. The monoisotopic (exact) mass is 403 g/mol.